The molecule has 0 atom stereocenters. The van der Waals surface area contributed by atoms with Gasteiger partial charge >= 0.3 is 126 Å². The summed E-state index contributed by atoms with van der Waals surface area (Å²) < 4.78 is 16.8. The Balaban J connectivity index is 3.58. The molecule has 0 unspecified atom stereocenters. The van der Waals surface area contributed by atoms with Crippen molar-refractivity contribution in [1.82, 2.24) is 23.0 Å². The second-order valence-electron chi connectivity index (χ2n) is 2.29. The van der Waals surface area contributed by atoms with E-state index in [1.807, 2.05) is 7.05 Å². The van der Waals surface area contributed by atoms with E-state index in [0.717, 1.165) is 5.23 Å². The van der Waals surface area contributed by atoms with Crippen molar-refractivity contribution >= 4 is 20.9 Å². The van der Waals surface area contributed by atoms with Gasteiger partial charge in [0.25, 0.3) is 0 Å². The number of hydrogen-bond donors (Lipinski definition) is 4. The molecule has 0 aliphatic carbocycles. The fraction of sp³-hybridized carbons (Fsp3) is 1.00. The molecule has 0 aromatic heterocycles. The van der Waals surface area contributed by atoms with E-state index < -0.39 is 42.8 Å². The minimum atomic E-state index is -2.13. The van der Waals surface area contributed by atoms with Gasteiger partial charge < -0.3 is 0 Å². The van der Waals surface area contributed by atoms with Crippen LogP contribution in [0.5, 0.6) is 0 Å². The molecule has 0 rings (SSSR count). The second-order valence-corrected chi connectivity index (χ2v) is 9.09. The Morgan fingerprint density at radius 1 is 1.28 bits per heavy atom. The van der Waals surface area contributed by atoms with Gasteiger partial charge in [0, 0.05) is 0 Å². The van der Waals surface area contributed by atoms with Crippen LogP contribution in [0, 0.1) is 0 Å². The summed E-state index contributed by atoms with van der Waals surface area (Å²) in [5, 5.41) is 2.11. The molecule has 114 valence electrons. The molecule has 0 bridgehead atoms. The molecule has 0 aliphatic heterocycles. The van der Waals surface area contributed by atoms with Crippen molar-refractivity contribution in [2.75, 3.05) is 34.9 Å². The fourth-order valence-corrected chi connectivity index (χ4v) is 5.51. The molecule has 0 spiro atoms. The van der Waals surface area contributed by atoms with Crippen molar-refractivity contribution in [1.29, 1.82) is 0 Å². The van der Waals surface area contributed by atoms with Gasteiger partial charge in [-0.3, -0.25) is 0 Å². The summed E-state index contributed by atoms with van der Waals surface area (Å²) in [6.45, 7) is 0.0407. The quantitative estimate of drug-likeness (QED) is 0.0689. The van der Waals surface area contributed by atoms with Gasteiger partial charge in [0.15, 0.2) is 0 Å². The summed E-state index contributed by atoms with van der Waals surface area (Å²) in [6, 6.07) is 0. The van der Waals surface area contributed by atoms with Crippen LogP contribution >= 0.6 is 20.9 Å². The third-order valence-corrected chi connectivity index (χ3v) is 6.97. The molecule has 0 amide bonds. The van der Waals surface area contributed by atoms with Crippen LogP contribution in [-0.4, -0.2) is 45.4 Å². The molecule has 0 saturated heterocycles. The van der Waals surface area contributed by atoms with E-state index in [1.54, 1.807) is 14.1 Å². The number of nitrogens with one attached hydrogen (secondary N) is 3. The first-order chi connectivity index (χ1) is 8.63. The molecule has 0 aliphatic rings. The molecule has 11 nitrogen and oxygen atoms in total. The van der Waals surface area contributed by atoms with Gasteiger partial charge in [-0.25, -0.2) is 0 Å². The molecule has 0 aromatic rings. The minimum absolute atomic E-state index is 0.0407. The average molecular weight is 497 g/mol. The maximum atomic E-state index is 5.48. The van der Waals surface area contributed by atoms with E-state index in [2.05, 4.69) is 17.5 Å². The first-order valence-corrected chi connectivity index (χ1v) is 9.35. The number of nitrogens with zero attached hydrogens (tertiary/aromatic N) is 2. The van der Waals surface area contributed by atoms with Gasteiger partial charge in [0.05, 0.1) is 0 Å². The van der Waals surface area contributed by atoms with Crippen LogP contribution < -0.4 is 40.3 Å². The summed E-state index contributed by atoms with van der Waals surface area (Å²) >= 11 is -2.63. The topological polar surface area (TPSA) is 115 Å². The number of hydrogen-bond acceptors (Lipinski definition) is 11. The van der Waals surface area contributed by atoms with Crippen LogP contribution in [0.4, 0.5) is 0 Å². The van der Waals surface area contributed by atoms with Crippen LogP contribution in [0.3, 0.4) is 0 Å². The first kappa shape index (κ1) is 19.0. The normalized spacial score (nSPS) is 12.7. The molecule has 5 N–H and O–H groups in total. The summed E-state index contributed by atoms with van der Waals surface area (Å²) in [5.41, 5.74) is 2.43. The van der Waals surface area contributed by atoms with Gasteiger partial charge in [-0.2, -0.15) is 0 Å². The van der Waals surface area contributed by atoms with E-state index in [1.165, 1.54) is 12.3 Å². The second kappa shape index (κ2) is 13.0. The van der Waals surface area contributed by atoms with Crippen LogP contribution in [0.25, 0.3) is 0 Å². The van der Waals surface area contributed by atoms with Gasteiger partial charge in [-0.1, -0.05) is 0 Å². The molecular formula is C5H19I2N6O5-. The van der Waals surface area contributed by atoms with Crippen LogP contribution in [-0.2, 0) is 19.3 Å². The number of nitrogens with two attached hydrogens (primary N) is 1. The molecule has 0 heterocycles. The molecule has 0 saturated carbocycles. The molecule has 0 fully saturated rings. The van der Waals surface area contributed by atoms with Crippen molar-refractivity contribution in [3.63, 3.8) is 0 Å². The Morgan fingerprint density at radius 3 is 2.56 bits per heavy atom. The van der Waals surface area contributed by atoms with E-state index in [4.69, 9.17) is 20.2 Å². The predicted molar refractivity (Wildman–Crippen MR) is 65.3 cm³/mol. The number of hydroxylamine groups is 5. The summed E-state index contributed by atoms with van der Waals surface area (Å²) in [7, 11) is 6.67. The summed E-state index contributed by atoms with van der Waals surface area (Å²) in [5.74, 6) is 4.81. The fourth-order valence-electron chi connectivity index (χ4n) is 0.494. The van der Waals surface area contributed by atoms with Gasteiger partial charge in [0.2, 0.25) is 0 Å². The van der Waals surface area contributed by atoms with E-state index in [0.29, 0.717) is 0 Å². The SMILES string of the molecule is CN[I-]OI(NC)ON(C)OCNON(C)ON. The zero-order chi connectivity index (χ0) is 13.8. The zero-order valence-corrected chi connectivity index (χ0v) is 14.8. The number of halogens is 2. The molecule has 0 radical (unpaired) electrons. The monoisotopic (exact) mass is 497 g/mol. The van der Waals surface area contributed by atoms with Crippen LogP contribution in [0.15, 0.2) is 0 Å². The van der Waals surface area contributed by atoms with Crippen molar-refractivity contribution in [3.05, 3.63) is 0 Å². The Bertz CT molecular complexity index is 196. The average Bonchev–Trinajstić information content (AvgIpc) is 2.39. The van der Waals surface area contributed by atoms with Crippen LogP contribution in [0.2, 0.25) is 0 Å². The Kier molecular flexibility index (Phi) is 13.8. The molecule has 18 heavy (non-hydrogen) atoms. The van der Waals surface area contributed by atoms with E-state index >= 15 is 0 Å². The van der Waals surface area contributed by atoms with Gasteiger partial charge in [-0.15, -0.1) is 0 Å². The maximum absolute atomic E-state index is 5.48. The van der Waals surface area contributed by atoms with E-state index in [9.17, 15) is 0 Å². The molecule has 13 heteroatoms. The number of rotatable bonds is 12. The summed E-state index contributed by atoms with van der Waals surface area (Å²) in [4.78, 5) is 14.0. The van der Waals surface area contributed by atoms with Crippen molar-refractivity contribution in [2.45, 2.75) is 0 Å². The molecule has 0 aromatic carbocycles. The third kappa shape index (κ3) is 10.9. The zero-order valence-electron chi connectivity index (χ0n) is 10.5. The third-order valence-electron chi connectivity index (χ3n) is 1.12. The Morgan fingerprint density at radius 2 is 2.00 bits per heavy atom. The Labute approximate surface area is 125 Å². The predicted octanol–water partition coefficient (Wildman–Crippen LogP) is -4.46. The van der Waals surface area contributed by atoms with Gasteiger partial charge in [-0.05, 0) is 0 Å². The van der Waals surface area contributed by atoms with Crippen LogP contribution in [0.1, 0.15) is 0 Å². The molecular weight excluding hydrogens is 478 g/mol. The summed E-state index contributed by atoms with van der Waals surface area (Å²) in [6.07, 6.45) is 0. The van der Waals surface area contributed by atoms with Crippen molar-refractivity contribution in [2.24, 2.45) is 5.90 Å². The van der Waals surface area contributed by atoms with E-state index in [-0.39, 0.29) is 6.73 Å². The van der Waals surface area contributed by atoms with Crippen molar-refractivity contribution < 1.29 is 41.2 Å². The van der Waals surface area contributed by atoms with Gasteiger partial charge in [0.1, 0.15) is 0 Å². The Hall–Kier alpha value is 1.02. The first-order valence-electron chi connectivity index (χ1n) is 4.55. The standard InChI is InChI=1S/C5H19I2N6O5/c1-9-6-15-7(10-2)16-12(3)14-5-11-18-13(4)17-8/h9-11H,5,8H2,1-4H3/q-1. The van der Waals surface area contributed by atoms with Crippen molar-refractivity contribution in [3.8, 4) is 0 Å².